The van der Waals surface area contributed by atoms with E-state index in [9.17, 15) is 13.2 Å². The standard InChI is InChI=1S/C15H21N5O3S/c1-24(22,23)16-9-12-5-4-8-19(10-12)15(21)11-20-14-7-3-2-6-13(14)17-18-20/h2-3,6-7,12,16H,4-5,8-11H2,1H3/t12-/m0/s1. The highest BCUT2D eigenvalue weighted by molar-refractivity contribution is 7.88. The van der Waals surface area contributed by atoms with Crippen molar-refractivity contribution in [2.24, 2.45) is 5.92 Å². The summed E-state index contributed by atoms with van der Waals surface area (Å²) >= 11 is 0. The lowest BCUT2D eigenvalue weighted by molar-refractivity contribution is -0.133. The number of hydrogen-bond acceptors (Lipinski definition) is 5. The summed E-state index contributed by atoms with van der Waals surface area (Å²) in [5, 5.41) is 8.10. The van der Waals surface area contributed by atoms with Crippen molar-refractivity contribution in [1.82, 2.24) is 24.6 Å². The summed E-state index contributed by atoms with van der Waals surface area (Å²) in [4.78, 5) is 14.3. The van der Waals surface area contributed by atoms with E-state index in [0.29, 0.717) is 19.6 Å². The van der Waals surface area contributed by atoms with Gasteiger partial charge in [-0.1, -0.05) is 17.3 Å². The van der Waals surface area contributed by atoms with E-state index in [4.69, 9.17) is 0 Å². The van der Waals surface area contributed by atoms with Crippen LogP contribution in [0.3, 0.4) is 0 Å². The van der Waals surface area contributed by atoms with Gasteiger partial charge in [-0.25, -0.2) is 17.8 Å². The molecule has 8 nitrogen and oxygen atoms in total. The van der Waals surface area contributed by atoms with Crippen molar-refractivity contribution in [3.8, 4) is 0 Å². The number of sulfonamides is 1. The Morgan fingerprint density at radius 2 is 2.17 bits per heavy atom. The van der Waals surface area contributed by atoms with Crippen molar-refractivity contribution in [2.45, 2.75) is 19.4 Å². The van der Waals surface area contributed by atoms with Crippen molar-refractivity contribution >= 4 is 27.0 Å². The smallest absolute Gasteiger partial charge is 0.244 e. The maximum atomic E-state index is 12.6. The van der Waals surface area contributed by atoms with Crippen LogP contribution in [0, 0.1) is 5.92 Å². The van der Waals surface area contributed by atoms with Crippen LogP contribution >= 0.6 is 0 Å². The predicted molar refractivity (Wildman–Crippen MR) is 89.7 cm³/mol. The van der Waals surface area contributed by atoms with Gasteiger partial charge in [0, 0.05) is 19.6 Å². The molecule has 1 aliphatic heterocycles. The monoisotopic (exact) mass is 351 g/mol. The number of aromatic nitrogens is 3. The summed E-state index contributed by atoms with van der Waals surface area (Å²) < 4.78 is 26.6. The van der Waals surface area contributed by atoms with E-state index < -0.39 is 10.0 Å². The summed E-state index contributed by atoms with van der Waals surface area (Å²) in [6.07, 6.45) is 2.94. The first kappa shape index (κ1) is 16.8. The molecule has 0 unspecified atom stereocenters. The van der Waals surface area contributed by atoms with E-state index in [1.165, 1.54) is 0 Å². The van der Waals surface area contributed by atoms with Crippen LogP contribution in [0.25, 0.3) is 11.0 Å². The molecule has 1 fully saturated rings. The summed E-state index contributed by atoms with van der Waals surface area (Å²) in [5.74, 6) is 0.125. The van der Waals surface area contributed by atoms with Crippen LogP contribution in [0.2, 0.25) is 0 Å². The third-order valence-electron chi connectivity index (χ3n) is 4.21. The quantitative estimate of drug-likeness (QED) is 0.831. The normalized spacial score (nSPS) is 18.9. The van der Waals surface area contributed by atoms with Crippen molar-refractivity contribution in [3.63, 3.8) is 0 Å². The topological polar surface area (TPSA) is 97.2 Å². The Morgan fingerprint density at radius 1 is 1.38 bits per heavy atom. The highest BCUT2D eigenvalue weighted by Crippen LogP contribution is 2.17. The molecule has 1 saturated heterocycles. The Balaban J connectivity index is 1.62. The minimum Gasteiger partial charge on any atom is -0.341 e. The lowest BCUT2D eigenvalue weighted by atomic mass is 9.98. The third-order valence-corrected chi connectivity index (χ3v) is 4.90. The largest absolute Gasteiger partial charge is 0.341 e. The molecule has 1 aromatic heterocycles. The second-order valence-corrected chi connectivity index (χ2v) is 8.04. The van der Waals surface area contributed by atoms with Crippen molar-refractivity contribution in [1.29, 1.82) is 0 Å². The average Bonchev–Trinajstić information content (AvgIpc) is 2.96. The number of piperidine rings is 1. The third kappa shape index (κ3) is 4.09. The number of nitrogens with zero attached hydrogens (tertiary/aromatic N) is 4. The molecule has 0 aliphatic carbocycles. The zero-order valence-electron chi connectivity index (χ0n) is 13.6. The second kappa shape index (κ2) is 6.86. The molecule has 1 aromatic carbocycles. The Morgan fingerprint density at radius 3 is 2.96 bits per heavy atom. The second-order valence-electron chi connectivity index (χ2n) is 6.20. The molecule has 1 amide bonds. The fourth-order valence-corrected chi connectivity index (χ4v) is 3.53. The van der Waals surface area contributed by atoms with Gasteiger partial charge in [0.25, 0.3) is 0 Å². The molecule has 0 spiro atoms. The number of nitrogens with one attached hydrogen (secondary N) is 1. The fraction of sp³-hybridized carbons (Fsp3) is 0.533. The molecule has 1 N–H and O–H groups in total. The maximum absolute atomic E-state index is 12.6. The Hall–Kier alpha value is -2.00. The molecule has 0 radical (unpaired) electrons. The number of para-hydroxylation sites is 1. The Kier molecular flexibility index (Phi) is 4.81. The lowest BCUT2D eigenvalue weighted by Crippen LogP contribution is -2.44. The molecule has 24 heavy (non-hydrogen) atoms. The summed E-state index contributed by atoms with van der Waals surface area (Å²) in [6, 6.07) is 7.52. The van der Waals surface area contributed by atoms with Gasteiger partial charge in [0.2, 0.25) is 15.9 Å². The average molecular weight is 351 g/mol. The van der Waals surface area contributed by atoms with Crippen LogP contribution in [-0.4, -0.2) is 60.1 Å². The highest BCUT2D eigenvalue weighted by Gasteiger charge is 2.24. The number of carbonyl (C=O) groups excluding carboxylic acids is 1. The Labute approximate surface area is 140 Å². The van der Waals surface area contributed by atoms with Gasteiger partial charge in [-0.3, -0.25) is 4.79 Å². The lowest BCUT2D eigenvalue weighted by Gasteiger charge is -2.32. The number of likely N-dealkylation sites (tertiary alicyclic amines) is 1. The minimum absolute atomic E-state index is 0.0188. The number of carbonyl (C=O) groups is 1. The highest BCUT2D eigenvalue weighted by atomic mass is 32.2. The van der Waals surface area contributed by atoms with Gasteiger partial charge in [0.1, 0.15) is 12.1 Å². The molecule has 2 aromatic rings. The number of fused-ring (bicyclic) bond motifs is 1. The van der Waals surface area contributed by atoms with Crippen LogP contribution in [0.1, 0.15) is 12.8 Å². The maximum Gasteiger partial charge on any atom is 0.244 e. The van der Waals surface area contributed by atoms with E-state index in [0.717, 1.165) is 30.1 Å². The minimum atomic E-state index is -3.20. The summed E-state index contributed by atoms with van der Waals surface area (Å²) in [7, 11) is -3.20. The van der Waals surface area contributed by atoms with E-state index in [1.54, 1.807) is 9.58 Å². The first-order valence-electron chi connectivity index (χ1n) is 7.93. The van der Waals surface area contributed by atoms with E-state index in [1.807, 2.05) is 24.3 Å². The molecule has 3 rings (SSSR count). The molecule has 0 bridgehead atoms. The van der Waals surface area contributed by atoms with Gasteiger partial charge < -0.3 is 4.90 Å². The number of rotatable bonds is 5. The van der Waals surface area contributed by atoms with Crippen molar-refractivity contribution in [3.05, 3.63) is 24.3 Å². The summed E-state index contributed by atoms with van der Waals surface area (Å²) in [5.41, 5.74) is 1.59. The van der Waals surface area contributed by atoms with Gasteiger partial charge in [-0.05, 0) is 30.9 Å². The van der Waals surface area contributed by atoms with E-state index in [2.05, 4.69) is 15.0 Å². The van der Waals surface area contributed by atoms with Gasteiger partial charge in [-0.2, -0.15) is 0 Å². The summed E-state index contributed by atoms with van der Waals surface area (Å²) in [6.45, 7) is 1.77. The molecule has 1 aliphatic rings. The number of benzene rings is 1. The zero-order valence-corrected chi connectivity index (χ0v) is 14.4. The van der Waals surface area contributed by atoms with Gasteiger partial charge in [0.05, 0.1) is 11.8 Å². The number of hydrogen-bond donors (Lipinski definition) is 1. The molecule has 9 heteroatoms. The van der Waals surface area contributed by atoms with Gasteiger partial charge in [-0.15, -0.1) is 5.10 Å². The van der Waals surface area contributed by atoms with Crippen LogP contribution in [0.15, 0.2) is 24.3 Å². The molecular formula is C15H21N5O3S. The first-order valence-corrected chi connectivity index (χ1v) is 9.82. The predicted octanol–water partition coefficient (Wildman–Crippen LogP) is 0.219. The number of amides is 1. The van der Waals surface area contributed by atoms with E-state index in [-0.39, 0.29) is 18.4 Å². The van der Waals surface area contributed by atoms with Crippen LogP contribution in [0.5, 0.6) is 0 Å². The van der Waals surface area contributed by atoms with Gasteiger partial charge in [0.15, 0.2) is 0 Å². The SMILES string of the molecule is CS(=O)(=O)NC[C@@H]1CCCN(C(=O)Cn2nnc3ccccc32)C1. The first-order chi connectivity index (χ1) is 11.4. The van der Waals surface area contributed by atoms with Crippen molar-refractivity contribution < 1.29 is 13.2 Å². The molecular weight excluding hydrogens is 330 g/mol. The molecule has 130 valence electrons. The van der Waals surface area contributed by atoms with Gasteiger partial charge >= 0.3 is 0 Å². The van der Waals surface area contributed by atoms with E-state index >= 15 is 0 Å². The van der Waals surface area contributed by atoms with Crippen LogP contribution in [-0.2, 0) is 21.4 Å². The molecule has 1 atom stereocenters. The van der Waals surface area contributed by atoms with Crippen molar-refractivity contribution in [2.75, 3.05) is 25.9 Å². The fourth-order valence-electron chi connectivity index (χ4n) is 2.99. The molecule has 2 heterocycles. The zero-order chi connectivity index (χ0) is 17.2. The molecule has 0 saturated carbocycles. The van der Waals surface area contributed by atoms with Crippen LogP contribution in [0.4, 0.5) is 0 Å². The Bertz CT molecular complexity index is 833. The van der Waals surface area contributed by atoms with Crippen LogP contribution < -0.4 is 4.72 Å².